The van der Waals surface area contributed by atoms with Gasteiger partial charge in [-0.3, -0.25) is 9.80 Å². The summed E-state index contributed by atoms with van der Waals surface area (Å²) in [5.74, 6) is 1.75. The largest absolute Gasteiger partial charge is 0.454 e. The lowest BCUT2D eigenvalue weighted by atomic mass is 9.94. The summed E-state index contributed by atoms with van der Waals surface area (Å²) in [7, 11) is 0. The first-order valence-corrected chi connectivity index (χ1v) is 8.91. The van der Waals surface area contributed by atoms with Crippen molar-refractivity contribution in [2.45, 2.75) is 39.8 Å². The molecule has 0 amide bonds. The second-order valence-corrected chi connectivity index (χ2v) is 8.08. The molecule has 5 nitrogen and oxygen atoms in total. The lowest BCUT2D eigenvalue weighted by molar-refractivity contribution is 0.0336. The van der Waals surface area contributed by atoms with Crippen LogP contribution in [0.25, 0.3) is 0 Å². The van der Waals surface area contributed by atoms with Crippen LogP contribution in [0.2, 0.25) is 0 Å². The van der Waals surface area contributed by atoms with Crippen LogP contribution in [0.5, 0.6) is 11.5 Å². The molecule has 0 aromatic heterocycles. The number of hydrogen-bond acceptors (Lipinski definition) is 5. The number of aliphatic hydroxyl groups excluding tert-OH is 1. The SMILES string of the molecule is CC(C)(C)CN1CCN(Cc2cccc3c2OCO3)C[C@H]1CCO. The summed E-state index contributed by atoms with van der Waals surface area (Å²) in [5, 5.41) is 9.46. The van der Waals surface area contributed by atoms with Crippen molar-refractivity contribution in [3.63, 3.8) is 0 Å². The lowest BCUT2D eigenvalue weighted by Crippen LogP contribution is -2.54. The van der Waals surface area contributed by atoms with Crippen molar-refractivity contribution in [1.82, 2.24) is 9.80 Å². The third kappa shape index (κ3) is 4.21. The van der Waals surface area contributed by atoms with Gasteiger partial charge >= 0.3 is 0 Å². The molecule has 0 spiro atoms. The number of rotatable bonds is 5. The van der Waals surface area contributed by atoms with Crippen molar-refractivity contribution in [2.75, 3.05) is 39.6 Å². The molecule has 2 aliphatic heterocycles. The van der Waals surface area contributed by atoms with Crippen LogP contribution >= 0.6 is 0 Å². The van der Waals surface area contributed by atoms with Crippen molar-refractivity contribution in [2.24, 2.45) is 5.41 Å². The van der Waals surface area contributed by atoms with Crippen molar-refractivity contribution in [3.05, 3.63) is 23.8 Å². The average Bonchev–Trinajstić information content (AvgIpc) is 2.98. The fourth-order valence-corrected chi connectivity index (χ4v) is 3.70. The van der Waals surface area contributed by atoms with E-state index < -0.39 is 0 Å². The first-order chi connectivity index (χ1) is 11.5. The molecule has 1 aromatic carbocycles. The monoisotopic (exact) mass is 334 g/mol. The van der Waals surface area contributed by atoms with E-state index in [2.05, 4.69) is 36.6 Å². The van der Waals surface area contributed by atoms with Gasteiger partial charge in [0.2, 0.25) is 6.79 Å². The molecule has 1 aromatic rings. The van der Waals surface area contributed by atoms with E-state index in [1.54, 1.807) is 0 Å². The molecule has 2 aliphatic rings. The zero-order chi connectivity index (χ0) is 17.2. The van der Waals surface area contributed by atoms with Gasteiger partial charge < -0.3 is 14.6 Å². The number of fused-ring (bicyclic) bond motifs is 1. The first-order valence-electron chi connectivity index (χ1n) is 8.91. The van der Waals surface area contributed by atoms with Gasteiger partial charge in [-0.1, -0.05) is 32.9 Å². The molecule has 5 heteroatoms. The fraction of sp³-hybridized carbons (Fsp3) is 0.684. The van der Waals surface area contributed by atoms with Gasteiger partial charge in [-0.2, -0.15) is 0 Å². The summed E-state index contributed by atoms with van der Waals surface area (Å²) in [5.41, 5.74) is 1.47. The van der Waals surface area contributed by atoms with Gasteiger partial charge in [0, 0.05) is 50.9 Å². The minimum atomic E-state index is 0.247. The molecule has 3 rings (SSSR count). The Morgan fingerprint density at radius 3 is 2.79 bits per heavy atom. The maximum atomic E-state index is 9.46. The fourth-order valence-electron chi connectivity index (χ4n) is 3.70. The van der Waals surface area contributed by atoms with Crippen molar-refractivity contribution in [1.29, 1.82) is 0 Å². The third-order valence-corrected chi connectivity index (χ3v) is 4.70. The predicted molar refractivity (Wildman–Crippen MR) is 94.4 cm³/mol. The van der Waals surface area contributed by atoms with Crippen LogP contribution in [-0.4, -0.2) is 60.5 Å². The van der Waals surface area contributed by atoms with E-state index in [1.807, 2.05) is 12.1 Å². The highest BCUT2D eigenvalue weighted by Gasteiger charge is 2.30. The van der Waals surface area contributed by atoms with Gasteiger partial charge in [0.25, 0.3) is 0 Å². The van der Waals surface area contributed by atoms with Gasteiger partial charge in [0.05, 0.1) is 0 Å². The highest BCUT2D eigenvalue weighted by molar-refractivity contribution is 5.48. The van der Waals surface area contributed by atoms with Gasteiger partial charge in [-0.15, -0.1) is 0 Å². The summed E-state index contributed by atoms with van der Waals surface area (Å²) in [4.78, 5) is 5.01. The van der Waals surface area contributed by atoms with Crippen LogP contribution < -0.4 is 9.47 Å². The van der Waals surface area contributed by atoms with Crippen LogP contribution in [0, 0.1) is 5.41 Å². The molecule has 1 fully saturated rings. The molecule has 2 heterocycles. The van der Waals surface area contributed by atoms with Crippen LogP contribution in [-0.2, 0) is 6.54 Å². The standard InChI is InChI=1S/C19H30N2O3/c1-19(2,3)13-21-9-8-20(12-16(21)7-10-22)11-15-5-4-6-17-18(15)24-14-23-17/h4-6,16,22H,7-14H2,1-3H3/t16-/m1/s1. The van der Waals surface area contributed by atoms with Gasteiger partial charge in [0.15, 0.2) is 11.5 Å². The number of benzene rings is 1. The number of hydrogen-bond donors (Lipinski definition) is 1. The van der Waals surface area contributed by atoms with Crippen LogP contribution in [0.4, 0.5) is 0 Å². The summed E-state index contributed by atoms with van der Waals surface area (Å²) in [6, 6.07) is 6.53. The van der Waals surface area contributed by atoms with E-state index in [9.17, 15) is 5.11 Å². The van der Waals surface area contributed by atoms with E-state index >= 15 is 0 Å². The van der Waals surface area contributed by atoms with Crippen LogP contribution in [0.15, 0.2) is 18.2 Å². The number of ether oxygens (including phenoxy) is 2. The molecule has 24 heavy (non-hydrogen) atoms. The molecule has 0 saturated carbocycles. The third-order valence-electron chi connectivity index (χ3n) is 4.70. The van der Waals surface area contributed by atoms with E-state index in [-0.39, 0.29) is 12.0 Å². The number of aliphatic hydroxyl groups is 1. The lowest BCUT2D eigenvalue weighted by Gasteiger charge is -2.44. The molecule has 0 aliphatic carbocycles. The second kappa shape index (κ2) is 7.30. The number of piperazine rings is 1. The molecule has 1 atom stereocenters. The molecule has 0 bridgehead atoms. The number of nitrogens with zero attached hydrogens (tertiary/aromatic N) is 2. The van der Waals surface area contributed by atoms with E-state index in [0.29, 0.717) is 12.8 Å². The summed E-state index contributed by atoms with van der Waals surface area (Å²) < 4.78 is 11.1. The maximum Gasteiger partial charge on any atom is 0.231 e. The Balaban J connectivity index is 1.65. The zero-order valence-corrected chi connectivity index (χ0v) is 15.1. The molecule has 134 valence electrons. The Labute approximate surface area is 145 Å². The highest BCUT2D eigenvalue weighted by atomic mass is 16.7. The summed E-state index contributed by atoms with van der Waals surface area (Å²) in [6.45, 7) is 12.4. The highest BCUT2D eigenvalue weighted by Crippen LogP contribution is 2.36. The Morgan fingerprint density at radius 1 is 1.21 bits per heavy atom. The van der Waals surface area contributed by atoms with Gasteiger partial charge in [0.1, 0.15) is 0 Å². The Bertz CT molecular complexity index is 556. The van der Waals surface area contributed by atoms with E-state index in [0.717, 1.165) is 50.6 Å². The summed E-state index contributed by atoms with van der Waals surface area (Å²) in [6.07, 6.45) is 0.832. The molecule has 1 N–H and O–H groups in total. The second-order valence-electron chi connectivity index (χ2n) is 8.08. The Kier molecular flexibility index (Phi) is 5.33. The van der Waals surface area contributed by atoms with Gasteiger partial charge in [-0.25, -0.2) is 0 Å². The van der Waals surface area contributed by atoms with E-state index in [1.165, 1.54) is 5.56 Å². The molecule has 0 radical (unpaired) electrons. The van der Waals surface area contributed by atoms with Crippen LogP contribution in [0.3, 0.4) is 0 Å². The van der Waals surface area contributed by atoms with Crippen molar-refractivity contribution < 1.29 is 14.6 Å². The molecular weight excluding hydrogens is 304 g/mol. The zero-order valence-electron chi connectivity index (χ0n) is 15.1. The molecule has 1 saturated heterocycles. The molecular formula is C19H30N2O3. The van der Waals surface area contributed by atoms with E-state index in [4.69, 9.17) is 9.47 Å². The smallest absolute Gasteiger partial charge is 0.231 e. The van der Waals surface area contributed by atoms with Crippen molar-refractivity contribution >= 4 is 0 Å². The molecule has 0 unspecified atom stereocenters. The topological polar surface area (TPSA) is 45.2 Å². The minimum Gasteiger partial charge on any atom is -0.454 e. The minimum absolute atomic E-state index is 0.247. The normalized spacial score (nSPS) is 22.1. The quantitative estimate of drug-likeness (QED) is 0.895. The summed E-state index contributed by atoms with van der Waals surface area (Å²) >= 11 is 0. The maximum absolute atomic E-state index is 9.46. The number of para-hydroxylation sites is 1. The Hall–Kier alpha value is -1.30. The van der Waals surface area contributed by atoms with Crippen LogP contribution in [0.1, 0.15) is 32.8 Å². The Morgan fingerprint density at radius 2 is 2.04 bits per heavy atom. The first kappa shape index (κ1) is 17.5. The average molecular weight is 334 g/mol. The van der Waals surface area contributed by atoms with Crippen molar-refractivity contribution in [3.8, 4) is 11.5 Å². The predicted octanol–water partition coefficient (Wildman–Crippen LogP) is 2.33. The van der Waals surface area contributed by atoms with Gasteiger partial charge in [-0.05, 0) is 17.9 Å².